The van der Waals surface area contributed by atoms with Gasteiger partial charge in [0.15, 0.2) is 6.29 Å². The highest BCUT2D eigenvalue weighted by atomic mass is 16.2. The molecule has 6 heteroatoms. The van der Waals surface area contributed by atoms with Crippen LogP contribution in [0.3, 0.4) is 0 Å². The Kier molecular flexibility index (Phi) is 2.78. The summed E-state index contributed by atoms with van der Waals surface area (Å²) in [4.78, 5) is 36.0. The monoisotopic (exact) mass is 271 g/mol. The van der Waals surface area contributed by atoms with Crippen molar-refractivity contribution < 1.29 is 4.79 Å². The summed E-state index contributed by atoms with van der Waals surface area (Å²) in [5.74, 6) is 0. The van der Waals surface area contributed by atoms with Crippen LogP contribution in [0.1, 0.15) is 19.4 Å². The van der Waals surface area contributed by atoms with Crippen molar-refractivity contribution in [2.75, 3.05) is 0 Å². The van der Waals surface area contributed by atoms with Gasteiger partial charge in [0.25, 0.3) is 0 Å². The zero-order valence-electron chi connectivity index (χ0n) is 10.9. The molecule has 2 aromatic rings. The molecule has 0 N–H and O–H groups in total. The van der Waals surface area contributed by atoms with E-state index in [2.05, 4.69) is 0 Å². The summed E-state index contributed by atoms with van der Waals surface area (Å²) >= 11 is 0. The first-order valence-electron chi connectivity index (χ1n) is 6.33. The van der Waals surface area contributed by atoms with Gasteiger partial charge in [-0.1, -0.05) is 24.3 Å². The second-order valence-corrected chi connectivity index (χ2v) is 4.72. The molecule has 0 spiro atoms. The van der Waals surface area contributed by atoms with Crippen LogP contribution in [-0.2, 0) is 4.79 Å². The van der Waals surface area contributed by atoms with Crippen molar-refractivity contribution in [1.29, 1.82) is 0 Å². The van der Waals surface area contributed by atoms with Gasteiger partial charge in [-0.3, -0.25) is 4.79 Å². The standard InChI is InChI=1S/C14H13N3O3/c1-10-7-8-12(9-18)17-14(20)15(13(19)16(10)17)11-5-3-2-4-6-11/h2-6,8-10H,7H2,1H3. The van der Waals surface area contributed by atoms with Crippen LogP contribution in [0.15, 0.2) is 46.0 Å². The molecule has 1 unspecified atom stereocenters. The van der Waals surface area contributed by atoms with E-state index in [0.29, 0.717) is 18.4 Å². The van der Waals surface area contributed by atoms with Gasteiger partial charge in [0.2, 0.25) is 0 Å². The number of aldehydes is 1. The summed E-state index contributed by atoms with van der Waals surface area (Å²) in [7, 11) is 0. The van der Waals surface area contributed by atoms with Crippen LogP contribution in [0.2, 0.25) is 0 Å². The average Bonchev–Trinajstić information content (AvgIpc) is 2.73. The van der Waals surface area contributed by atoms with Crippen LogP contribution in [0.25, 0.3) is 11.4 Å². The first-order valence-corrected chi connectivity index (χ1v) is 6.33. The third kappa shape index (κ3) is 1.61. The van der Waals surface area contributed by atoms with E-state index in [1.807, 2.05) is 13.0 Å². The Labute approximate surface area is 114 Å². The number of hydrogen-bond donors (Lipinski definition) is 0. The van der Waals surface area contributed by atoms with E-state index in [1.165, 1.54) is 4.68 Å². The number of carbonyl (C=O) groups is 1. The fourth-order valence-electron chi connectivity index (χ4n) is 2.45. The highest BCUT2D eigenvalue weighted by Gasteiger charge is 2.25. The lowest BCUT2D eigenvalue weighted by Gasteiger charge is -2.19. The van der Waals surface area contributed by atoms with Crippen LogP contribution < -0.4 is 11.4 Å². The molecule has 1 atom stereocenters. The Bertz CT molecular complexity index is 808. The Balaban J connectivity index is 2.37. The number of allylic oxidation sites excluding steroid dienone is 2. The van der Waals surface area contributed by atoms with E-state index in [1.54, 1.807) is 30.3 Å². The van der Waals surface area contributed by atoms with Crippen LogP contribution in [0.4, 0.5) is 0 Å². The van der Waals surface area contributed by atoms with E-state index in [9.17, 15) is 14.4 Å². The molecule has 0 amide bonds. The molecule has 0 radical (unpaired) electrons. The van der Waals surface area contributed by atoms with Gasteiger partial charge in [-0.05, 0) is 25.5 Å². The van der Waals surface area contributed by atoms with E-state index in [4.69, 9.17) is 0 Å². The first kappa shape index (κ1) is 12.4. The number of hydrogen-bond acceptors (Lipinski definition) is 3. The van der Waals surface area contributed by atoms with E-state index in [-0.39, 0.29) is 11.7 Å². The minimum Gasteiger partial charge on any atom is -0.296 e. The zero-order valence-corrected chi connectivity index (χ0v) is 10.9. The highest BCUT2D eigenvalue weighted by Crippen LogP contribution is 2.17. The quantitative estimate of drug-likeness (QED) is 0.759. The van der Waals surface area contributed by atoms with Crippen LogP contribution >= 0.6 is 0 Å². The number of carbonyl (C=O) groups excluding carboxylic acids is 1. The van der Waals surface area contributed by atoms with Crippen LogP contribution in [0, 0.1) is 0 Å². The van der Waals surface area contributed by atoms with Gasteiger partial charge in [0, 0.05) is 0 Å². The Morgan fingerprint density at radius 1 is 1.15 bits per heavy atom. The highest BCUT2D eigenvalue weighted by molar-refractivity contribution is 5.98. The summed E-state index contributed by atoms with van der Waals surface area (Å²) in [5, 5.41) is 0. The minimum absolute atomic E-state index is 0.163. The molecule has 1 aromatic carbocycles. The predicted molar refractivity (Wildman–Crippen MR) is 74.0 cm³/mol. The number of para-hydroxylation sites is 1. The molecular weight excluding hydrogens is 258 g/mol. The predicted octanol–water partition coefficient (Wildman–Crippen LogP) is 0.805. The first-order chi connectivity index (χ1) is 9.65. The molecular formula is C14H13N3O3. The lowest BCUT2D eigenvalue weighted by Crippen LogP contribution is -2.32. The van der Waals surface area contributed by atoms with Gasteiger partial charge in [0.1, 0.15) is 5.70 Å². The maximum atomic E-state index is 12.5. The van der Waals surface area contributed by atoms with Crippen molar-refractivity contribution in [3.8, 4) is 5.69 Å². The Morgan fingerprint density at radius 2 is 1.85 bits per heavy atom. The summed E-state index contributed by atoms with van der Waals surface area (Å²) in [6.45, 7) is 1.84. The van der Waals surface area contributed by atoms with Crippen molar-refractivity contribution in [2.24, 2.45) is 0 Å². The second kappa shape index (κ2) is 4.48. The maximum absolute atomic E-state index is 12.5. The third-order valence-electron chi connectivity index (χ3n) is 3.44. The topological polar surface area (TPSA) is 66.0 Å². The largest absolute Gasteiger partial charge is 0.356 e. The lowest BCUT2D eigenvalue weighted by molar-refractivity contribution is -0.103. The molecule has 6 nitrogen and oxygen atoms in total. The van der Waals surface area contributed by atoms with Crippen LogP contribution in [0.5, 0.6) is 0 Å². The van der Waals surface area contributed by atoms with Crippen molar-refractivity contribution in [2.45, 2.75) is 19.4 Å². The zero-order chi connectivity index (χ0) is 14.3. The van der Waals surface area contributed by atoms with Gasteiger partial charge < -0.3 is 0 Å². The van der Waals surface area contributed by atoms with Gasteiger partial charge in [0.05, 0.1) is 11.7 Å². The number of benzene rings is 1. The van der Waals surface area contributed by atoms with Crippen molar-refractivity contribution >= 4 is 12.0 Å². The summed E-state index contributed by atoms with van der Waals surface area (Å²) < 4.78 is 3.56. The summed E-state index contributed by atoms with van der Waals surface area (Å²) in [5.41, 5.74) is -0.249. The molecule has 20 heavy (non-hydrogen) atoms. The molecule has 1 aliphatic rings. The second-order valence-electron chi connectivity index (χ2n) is 4.72. The van der Waals surface area contributed by atoms with E-state index >= 15 is 0 Å². The third-order valence-corrected chi connectivity index (χ3v) is 3.44. The molecule has 0 saturated carbocycles. The van der Waals surface area contributed by atoms with Crippen LogP contribution in [-0.4, -0.2) is 20.2 Å². The molecule has 0 bridgehead atoms. The number of aromatic nitrogens is 3. The molecule has 0 fully saturated rings. The molecule has 1 aromatic heterocycles. The normalized spacial score (nSPS) is 17.4. The summed E-state index contributed by atoms with van der Waals surface area (Å²) in [6.07, 6.45) is 2.82. The number of fused-ring (bicyclic) bond motifs is 1. The Morgan fingerprint density at radius 3 is 2.50 bits per heavy atom. The van der Waals surface area contributed by atoms with Crippen molar-refractivity contribution in [1.82, 2.24) is 13.9 Å². The molecule has 0 saturated heterocycles. The van der Waals surface area contributed by atoms with Gasteiger partial charge in [-0.25, -0.2) is 18.8 Å². The van der Waals surface area contributed by atoms with Crippen molar-refractivity contribution in [3.05, 3.63) is 57.4 Å². The average molecular weight is 271 g/mol. The van der Waals surface area contributed by atoms with Gasteiger partial charge >= 0.3 is 11.4 Å². The number of nitrogens with zero attached hydrogens (tertiary/aromatic N) is 3. The molecule has 2 heterocycles. The SMILES string of the molecule is CC1CC=C(C=O)n2c(=O)n(-c3ccccc3)c(=O)n21. The summed E-state index contributed by atoms with van der Waals surface area (Å²) in [6, 6.07) is 8.52. The fourth-order valence-corrected chi connectivity index (χ4v) is 2.45. The molecule has 3 rings (SSSR count). The van der Waals surface area contributed by atoms with Gasteiger partial charge in [-0.2, -0.15) is 4.68 Å². The van der Waals surface area contributed by atoms with Crippen molar-refractivity contribution in [3.63, 3.8) is 0 Å². The van der Waals surface area contributed by atoms with E-state index in [0.717, 1.165) is 9.25 Å². The maximum Gasteiger partial charge on any atom is 0.356 e. The number of rotatable bonds is 2. The molecule has 102 valence electrons. The molecule has 0 aliphatic carbocycles. The Hall–Kier alpha value is -2.63. The van der Waals surface area contributed by atoms with Gasteiger partial charge in [-0.15, -0.1) is 0 Å². The smallest absolute Gasteiger partial charge is 0.296 e. The lowest BCUT2D eigenvalue weighted by atomic mass is 10.2. The fraction of sp³-hybridized carbons (Fsp3) is 0.214. The van der Waals surface area contributed by atoms with E-state index < -0.39 is 11.4 Å². The minimum atomic E-state index is -0.522. The molecule has 1 aliphatic heterocycles.